The molecule has 36 heavy (non-hydrogen) atoms. The molecule has 3 aliphatic heterocycles. The number of aliphatic carboxylic acids is 1. The van der Waals surface area contributed by atoms with Crippen LogP contribution in [0.25, 0.3) is 0 Å². The van der Waals surface area contributed by atoms with E-state index in [1.165, 1.54) is 17.7 Å². The molecule has 1 fully saturated rings. The Hall–Kier alpha value is -2.71. The largest absolute Gasteiger partial charge is 0.493 e. The second-order valence-electron chi connectivity index (χ2n) is 10.4. The minimum absolute atomic E-state index is 0.0162. The Labute approximate surface area is 212 Å². The molecule has 0 spiro atoms. The molecule has 0 radical (unpaired) electrons. The number of pyridine rings is 1. The maximum Gasteiger partial charge on any atom is 0.325 e. The topological polar surface area (TPSA) is 83.9 Å². The summed E-state index contributed by atoms with van der Waals surface area (Å²) in [6.45, 7) is 5.34. The summed E-state index contributed by atoms with van der Waals surface area (Å²) in [6.07, 6.45) is 6.54. The summed E-state index contributed by atoms with van der Waals surface area (Å²) >= 11 is 0. The van der Waals surface area contributed by atoms with Crippen LogP contribution in [-0.4, -0.2) is 59.9 Å². The second-order valence-corrected chi connectivity index (χ2v) is 10.4. The highest BCUT2D eigenvalue weighted by Crippen LogP contribution is 2.37. The standard InChI is InChI=1S/C28H36FN3O4/c1-18-13-23-24(14-20(29)15-25(23)36-17-18)26(28(33)34)32-11-9-22(16-32)35-12-3-2-6-21-8-7-19-5-4-10-30-27(19)31-21/h7-8,14-15,18,22,26H,2-6,9-13,16-17H2,1H3,(H,30,31)(H,33,34). The number of carbonyl (C=O) groups is 1. The first kappa shape index (κ1) is 25.0. The van der Waals surface area contributed by atoms with Gasteiger partial charge in [-0.1, -0.05) is 13.0 Å². The number of nitrogens with zero attached hydrogens (tertiary/aromatic N) is 2. The number of hydrogen-bond donors (Lipinski definition) is 2. The molecule has 0 aliphatic carbocycles. The van der Waals surface area contributed by atoms with Gasteiger partial charge in [0.1, 0.15) is 23.4 Å². The lowest BCUT2D eigenvalue weighted by Gasteiger charge is -2.30. The SMILES string of the molecule is CC1COc2cc(F)cc(C(C(=O)O)N3CCC(OCCCCc4ccc5c(n4)NCCC5)C3)c2C1. The number of fused-ring (bicyclic) bond motifs is 2. The van der Waals surface area contributed by atoms with Crippen molar-refractivity contribution in [3.05, 3.63) is 52.5 Å². The van der Waals surface area contributed by atoms with Crippen molar-refractivity contribution in [2.24, 2.45) is 5.92 Å². The maximum atomic E-state index is 14.4. The third-order valence-electron chi connectivity index (χ3n) is 7.49. The van der Waals surface area contributed by atoms with E-state index < -0.39 is 17.8 Å². The van der Waals surface area contributed by atoms with E-state index >= 15 is 0 Å². The van der Waals surface area contributed by atoms with Crippen LogP contribution in [0.1, 0.15) is 61.0 Å². The maximum absolute atomic E-state index is 14.4. The summed E-state index contributed by atoms with van der Waals surface area (Å²) < 4.78 is 26.2. The number of anilines is 1. The van der Waals surface area contributed by atoms with Gasteiger partial charge < -0.3 is 19.9 Å². The number of rotatable bonds is 9. The molecule has 3 atom stereocenters. The van der Waals surface area contributed by atoms with Crippen molar-refractivity contribution in [2.75, 3.05) is 38.2 Å². The van der Waals surface area contributed by atoms with Crippen molar-refractivity contribution >= 4 is 11.8 Å². The first-order valence-corrected chi connectivity index (χ1v) is 13.2. The first-order chi connectivity index (χ1) is 17.5. The Morgan fingerprint density at radius 1 is 1.36 bits per heavy atom. The van der Waals surface area contributed by atoms with Crippen molar-refractivity contribution in [1.82, 2.24) is 9.88 Å². The Morgan fingerprint density at radius 2 is 2.25 bits per heavy atom. The minimum Gasteiger partial charge on any atom is -0.493 e. The number of aromatic nitrogens is 1. The van der Waals surface area contributed by atoms with Crippen molar-refractivity contribution in [1.29, 1.82) is 0 Å². The number of likely N-dealkylation sites (tertiary alicyclic amines) is 1. The van der Waals surface area contributed by atoms with E-state index in [0.717, 1.165) is 62.1 Å². The second kappa shape index (κ2) is 11.1. The van der Waals surface area contributed by atoms with Crippen LogP contribution in [0.15, 0.2) is 24.3 Å². The van der Waals surface area contributed by atoms with Gasteiger partial charge in [-0.15, -0.1) is 0 Å². The third-order valence-corrected chi connectivity index (χ3v) is 7.49. The van der Waals surface area contributed by atoms with E-state index in [1.54, 1.807) is 0 Å². The molecule has 1 saturated heterocycles. The van der Waals surface area contributed by atoms with E-state index in [1.807, 2.05) is 4.90 Å². The molecule has 3 unspecified atom stereocenters. The fourth-order valence-corrected chi connectivity index (χ4v) is 5.64. The highest BCUT2D eigenvalue weighted by molar-refractivity contribution is 5.77. The molecule has 8 heteroatoms. The van der Waals surface area contributed by atoms with E-state index in [-0.39, 0.29) is 12.0 Å². The summed E-state index contributed by atoms with van der Waals surface area (Å²) in [7, 11) is 0. The lowest BCUT2D eigenvalue weighted by atomic mass is 9.90. The Morgan fingerprint density at radius 3 is 3.11 bits per heavy atom. The number of benzene rings is 1. The van der Waals surface area contributed by atoms with E-state index in [9.17, 15) is 14.3 Å². The van der Waals surface area contributed by atoms with E-state index in [4.69, 9.17) is 14.5 Å². The van der Waals surface area contributed by atoms with Gasteiger partial charge in [-0.05, 0) is 74.1 Å². The summed E-state index contributed by atoms with van der Waals surface area (Å²) in [5, 5.41) is 13.5. The number of unbranched alkanes of at least 4 members (excludes halogenated alkanes) is 1. The molecule has 1 aromatic carbocycles. The van der Waals surface area contributed by atoms with Crippen LogP contribution in [0.5, 0.6) is 5.75 Å². The molecule has 194 valence electrons. The molecule has 2 N–H and O–H groups in total. The molecule has 0 amide bonds. The number of ether oxygens (including phenoxy) is 2. The van der Waals surface area contributed by atoms with Crippen LogP contribution in [0.3, 0.4) is 0 Å². The summed E-state index contributed by atoms with van der Waals surface area (Å²) in [6, 6.07) is 6.16. The molecule has 5 rings (SSSR count). The van der Waals surface area contributed by atoms with Crippen molar-refractivity contribution in [2.45, 2.75) is 64.0 Å². The number of nitrogens with one attached hydrogen (secondary N) is 1. The van der Waals surface area contributed by atoms with Crippen LogP contribution < -0.4 is 10.1 Å². The zero-order valence-electron chi connectivity index (χ0n) is 21.0. The number of carboxylic acids is 1. The van der Waals surface area contributed by atoms with Crippen LogP contribution in [0.2, 0.25) is 0 Å². The number of carboxylic acid groups (broad SMARTS) is 1. The van der Waals surface area contributed by atoms with Crippen LogP contribution in [0.4, 0.5) is 10.2 Å². The van der Waals surface area contributed by atoms with Crippen LogP contribution >= 0.6 is 0 Å². The van der Waals surface area contributed by atoms with Gasteiger partial charge in [-0.3, -0.25) is 9.69 Å². The fourth-order valence-electron chi connectivity index (χ4n) is 5.64. The lowest BCUT2D eigenvalue weighted by Crippen LogP contribution is -2.35. The molecule has 0 bridgehead atoms. The fraction of sp³-hybridized carbons (Fsp3) is 0.571. The molecule has 3 aliphatic rings. The quantitative estimate of drug-likeness (QED) is 0.497. The average molecular weight is 498 g/mol. The zero-order valence-corrected chi connectivity index (χ0v) is 21.0. The van der Waals surface area contributed by atoms with Gasteiger partial charge in [0.05, 0.1) is 12.7 Å². The molecule has 1 aromatic heterocycles. The Bertz CT molecular complexity index is 1090. The molecule has 2 aromatic rings. The monoisotopic (exact) mass is 497 g/mol. The molecular weight excluding hydrogens is 461 g/mol. The van der Waals surface area contributed by atoms with Gasteiger partial charge in [0.25, 0.3) is 0 Å². The van der Waals surface area contributed by atoms with E-state index in [2.05, 4.69) is 24.4 Å². The van der Waals surface area contributed by atoms with Gasteiger partial charge in [0, 0.05) is 43.6 Å². The summed E-state index contributed by atoms with van der Waals surface area (Å²) in [4.78, 5) is 19.0. The normalized spacial score (nSPS) is 22.3. The number of halogens is 1. The lowest BCUT2D eigenvalue weighted by molar-refractivity contribution is -0.143. The highest BCUT2D eigenvalue weighted by atomic mass is 19.1. The van der Waals surface area contributed by atoms with Gasteiger partial charge >= 0.3 is 5.97 Å². The van der Waals surface area contributed by atoms with Crippen molar-refractivity contribution in [3.63, 3.8) is 0 Å². The number of aryl methyl sites for hydroxylation is 2. The zero-order chi connectivity index (χ0) is 25.1. The summed E-state index contributed by atoms with van der Waals surface area (Å²) in [5.74, 6) is 0.355. The highest BCUT2D eigenvalue weighted by Gasteiger charge is 2.37. The molecule has 0 saturated carbocycles. The van der Waals surface area contributed by atoms with Crippen molar-refractivity contribution in [3.8, 4) is 5.75 Å². The van der Waals surface area contributed by atoms with Gasteiger partial charge in [0.15, 0.2) is 0 Å². The predicted octanol–water partition coefficient (Wildman–Crippen LogP) is 4.39. The van der Waals surface area contributed by atoms with Crippen molar-refractivity contribution < 1.29 is 23.8 Å². The number of hydrogen-bond acceptors (Lipinski definition) is 6. The molecule has 4 heterocycles. The minimum atomic E-state index is -0.964. The summed E-state index contributed by atoms with van der Waals surface area (Å²) in [5.41, 5.74) is 3.74. The van der Waals surface area contributed by atoms with Crippen LogP contribution in [0, 0.1) is 11.7 Å². The van der Waals surface area contributed by atoms with Gasteiger partial charge in [-0.25, -0.2) is 9.37 Å². The van der Waals surface area contributed by atoms with E-state index in [0.29, 0.717) is 44.0 Å². The molecule has 7 nitrogen and oxygen atoms in total. The Kier molecular flexibility index (Phi) is 7.72. The third kappa shape index (κ3) is 5.65. The predicted molar refractivity (Wildman–Crippen MR) is 135 cm³/mol. The Balaban J connectivity index is 1.13. The van der Waals surface area contributed by atoms with Crippen LogP contribution in [-0.2, 0) is 28.8 Å². The molecular formula is C28H36FN3O4. The first-order valence-electron chi connectivity index (χ1n) is 13.2. The average Bonchev–Trinajstić information content (AvgIpc) is 3.32. The van der Waals surface area contributed by atoms with Gasteiger partial charge in [0.2, 0.25) is 0 Å². The smallest absolute Gasteiger partial charge is 0.325 e. The van der Waals surface area contributed by atoms with Gasteiger partial charge in [-0.2, -0.15) is 0 Å².